The normalized spacial score (nSPS) is 11.7. The maximum Gasteiger partial charge on any atom is 0.255 e. The first-order chi connectivity index (χ1) is 13.5. The molecular weight excluding hydrogens is 356 g/mol. The number of anilines is 1. The number of methoxy groups -OCH3 is 1. The average Bonchev–Trinajstić information content (AvgIpc) is 3.12. The van der Waals surface area contributed by atoms with Crippen LogP contribution in [0.15, 0.2) is 54.7 Å². The van der Waals surface area contributed by atoms with Crippen LogP contribution in [0.2, 0.25) is 0 Å². The second kappa shape index (κ2) is 8.58. The number of amides is 1. The first-order valence-electron chi connectivity index (χ1n) is 8.94. The standard InChI is InChI=1S/C21H24N4O3/c1-14(22)13-28-20-8-7-16(12-18(20)19-9-10-23-25(19)2)24-21(26)15-5-4-6-17(11-15)27-3/h4-12,14H,13,22H2,1-3H3,(H,24,26)/t14-/m1/s1. The number of ether oxygens (including phenoxy) is 2. The minimum Gasteiger partial charge on any atom is -0.497 e. The SMILES string of the molecule is COc1cccc(C(=O)Nc2ccc(OC[C@@H](C)N)c(-c3ccnn3C)c2)c1. The molecule has 7 nitrogen and oxygen atoms in total. The van der Waals surface area contributed by atoms with Crippen LogP contribution in [0.4, 0.5) is 5.69 Å². The van der Waals surface area contributed by atoms with Crippen molar-refractivity contribution in [1.82, 2.24) is 9.78 Å². The van der Waals surface area contributed by atoms with E-state index in [2.05, 4.69) is 10.4 Å². The predicted molar refractivity (Wildman–Crippen MR) is 109 cm³/mol. The largest absolute Gasteiger partial charge is 0.497 e. The summed E-state index contributed by atoms with van der Waals surface area (Å²) in [4.78, 5) is 12.6. The molecule has 0 spiro atoms. The third-order valence-electron chi connectivity index (χ3n) is 4.17. The molecule has 0 saturated heterocycles. The highest BCUT2D eigenvalue weighted by atomic mass is 16.5. The van der Waals surface area contributed by atoms with E-state index >= 15 is 0 Å². The molecule has 0 aliphatic rings. The number of aromatic nitrogens is 2. The maximum atomic E-state index is 12.6. The van der Waals surface area contributed by atoms with Gasteiger partial charge in [0.15, 0.2) is 0 Å². The van der Waals surface area contributed by atoms with E-state index in [1.165, 1.54) is 0 Å². The molecule has 1 heterocycles. The molecule has 0 bridgehead atoms. The molecule has 3 aromatic rings. The third kappa shape index (κ3) is 4.50. The highest BCUT2D eigenvalue weighted by Crippen LogP contribution is 2.32. The van der Waals surface area contributed by atoms with Crippen molar-refractivity contribution in [3.8, 4) is 22.8 Å². The van der Waals surface area contributed by atoms with Crippen molar-refractivity contribution in [3.05, 3.63) is 60.3 Å². The number of nitrogens with zero attached hydrogens (tertiary/aromatic N) is 2. The van der Waals surface area contributed by atoms with E-state index < -0.39 is 0 Å². The molecule has 146 valence electrons. The molecule has 0 radical (unpaired) electrons. The smallest absolute Gasteiger partial charge is 0.255 e. The van der Waals surface area contributed by atoms with E-state index in [4.69, 9.17) is 15.2 Å². The Balaban J connectivity index is 1.89. The van der Waals surface area contributed by atoms with Gasteiger partial charge in [0.1, 0.15) is 18.1 Å². The summed E-state index contributed by atoms with van der Waals surface area (Å²) >= 11 is 0. The fourth-order valence-corrected chi connectivity index (χ4v) is 2.76. The quantitative estimate of drug-likeness (QED) is 0.657. The summed E-state index contributed by atoms with van der Waals surface area (Å²) in [5, 5.41) is 7.14. The molecule has 3 N–H and O–H groups in total. The Bertz CT molecular complexity index is 966. The Labute approximate surface area is 164 Å². The van der Waals surface area contributed by atoms with Gasteiger partial charge in [0.05, 0.1) is 12.8 Å². The lowest BCUT2D eigenvalue weighted by molar-refractivity contribution is 0.102. The minimum atomic E-state index is -0.223. The topological polar surface area (TPSA) is 91.4 Å². The number of rotatable bonds is 7. The minimum absolute atomic E-state index is 0.0909. The molecule has 0 unspecified atom stereocenters. The molecule has 28 heavy (non-hydrogen) atoms. The van der Waals surface area contributed by atoms with Crippen molar-refractivity contribution >= 4 is 11.6 Å². The number of benzene rings is 2. The van der Waals surface area contributed by atoms with E-state index in [0.29, 0.717) is 29.4 Å². The fraction of sp³-hybridized carbons (Fsp3) is 0.238. The number of hydrogen-bond donors (Lipinski definition) is 2. The van der Waals surface area contributed by atoms with Crippen LogP contribution in [0.3, 0.4) is 0 Å². The molecular formula is C21H24N4O3. The van der Waals surface area contributed by atoms with Gasteiger partial charge in [0.2, 0.25) is 0 Å². The Morgan fingerprint density at radius 3 is 2.75 bits per heavy atom. The highest BCUT2D eigenvalue weighted by Gasteiger charge is 2.14. The highest BCUT2D eigenvalue weighted by molar-refractivity contribution is 6.04. The van der Waals surface area contributed by atoms with Crippen LogP contribution in [-0.4, -0.2) is 35.4 Å². The molecule has 1 amide bonds. The van der Waals surface area contributed by atoms with Crippen LogP contribution in [0.25, 0.3) is 11.3 Å². The van der Waals surface area contributed by atoms with Crippen molar-refractivity contribution in [2.24, 2.45) is 12.8 Å². The van der Waals surface area contributed by atoms with Crippen molar-refractivity contribution in [2.45, 2.75) is 13.0 Å². The van der Waals surface area contributed by atoms with Gasteiger partial charge < -0.3 is 20.5 Å². The molecule has 1 aromatic heterocycles. The van der Waals surface area contributed by atoms with E-state index in [-0.39, 0.29) is 11.9 Å². The van der Waals surface area contributed by atoms with Gasteiger partial charge in [-0.25, -0.2) is 0 Å². The maximum absolute atomic E-state index is 12.6. The van der Waals surface area contributed by atoms with Gasteiger partial charge in [-0.15, -0.1) is 0 Å². The van der Waals surface area contributed by atoms with Gasteiger partial charge in [0.25, 0.3) is 5.91 Å². The average molecular weight is 380 g/mol. The number of aryl methyl sites for hydroxylation is 1. The van der Waals surface area contributed by atoms with Crippen LogP contribution in [0.1, 0.15) is 17.3 Å². The number of carbonyl (C=O) groups excluding carboxylic acids is 1. The lowest BCUT2D eigenvalue weighted by Crippen LogP contribution is -2.23. The van der Waals surface area contributed by atoms with Gasteiger partial charge >= 0.3 is 0 Å². The summed E-state index contributed by atoms with van der Waals surface area (Å²) in [6.07, 6.45) is 1.71. The Morgan fingerprint density at radius 1 is 1.25 bits per heavy atom. The van der Waals surface area contributed by atoms with Crippen LogP contribution in [-0.2, 0) is 7.05 Å². The summed E-state index contributed by atoms with van der Waals surface area (Å²) < 4.78 is 12.8. The van der Waals surface area contributed by atoms with E-state index in [9.17, 15) is 4.79 Å². The second-order valence-corrected chi connectivity index (χ2v) is 6.53. The molecule has 0 saturated carbocycles. The summed E-state index contributed by atoms with van der Waals surface area (Å²) in [5.74, 6) is 1.09. The number of nitrogens with two attached hydrogens (primary N) is 1. The first-order valence-corrected chi connectivity index (χ1v) is 8.94. The van der Waals surface area contributed by atoms with Crippen molar-refractivity contribution in [1.29, 1.82) is 0 Å². The van der Waals surface area contributed by atoms with Gasteiger partial charge in [-0.2, -0.15) is 5.10 Å². The van der Waals surface area contributed by atoms with Crippen molar-refractivity contribution in [2.75, 3.05) is 19.0 Å². The molecule has 1 atom stereocenters. The van der Waals surface area contributed by atoms with Gasteiger partial charge in [-0.05, 0) is 49.4 Å². The van der Waals surface area contributed by atoms with Gasteiger partial charge in [0, 0.05) is 36.1 Å². The Morgan fingerprint density at radius 2 is 2.07 bits per heavy atom. The molecule has 7 heteroatoms. The van der Waals surface area contributed by atoms with Crippen LogP contribution in [0.5, 0.6) is 11.5 Å². The molecule has 0 aliphatic heterocycles. The van der Waals surface area contributed by atoms with Gasteiger partial charge in [-0.3, -0.25) is 9.48 Å². The number of nitrogens with one attached hydrogen (secondary N) is 1. The zero-order chi connectivity index (χ0) is 20.1. The summed E-state index contributed by atoms with van der Waals surface area (Å²) in [6.45, 7) is 2.27. The fourth-order valence-electron chi connectivity index (χ4n) is 2.76. The molecule has 3 rings (SSSR count). The number of carbonyl (C=O) groups is 1. The summed E-state index contributed by atoms with van der Waals surface area (Å²) in [5.41, 5.74) is 8.67. The molecule has 0 aliphatic carbocycles. The predicted octanol–water partition coefficient (Wildman–Crippen LogP) is 3.07. The van der Waals surface area contributed by atoms with E-state index in [1.807, 2.05) is 32.2 Å². The lowest BCUT2D eigenvalue weighted by atomic mass is 10.1. The molecule has 2 aromatic carbocycles. The van der Waals surface area contributed by atoms with Crippen molar-refractivity contribution < 1.29 is 14.3 Å². The monoisotopic (exact) mass is 380 g/mol. The van der Waals surface area contributed by atoms with Gasteiger partial charge in [-0.1, -0.05) is 6.07 Å². The number of hydrogen-bond acceptors (Lipinski definition) is 5. The van der Waals surface area contributed by atoms with E-state index in [0.717, 1.165) is 11.3 Å². The van der Waals surface area contributed by atoms with Crippen LogP contribution >= 0.6 is 0 Å². The zero-order valence-corrected chi connectivity index (χ0v) is 16.2. The van der Waals surface area contributed by atoms with Crippen LogP contribution < -0.4 is 20.5 Å². The zero-order valence-electron chi connectivity index (χ0n) is 16.2. The Hall–Kier alpha value is -3.32. The lowest BCUT2D eigenvalue weighted by Gasteiger charge is -2.15. The second-order valence-electron chi connectivity index (χ2n) is 6.53. The summed E-state index contributed by atoms with van der Waals surface area (Å²) in [6, 6.07) is 14.3. The molecule has 0 fully saturated rings. The summed E-state index contributed by atoms with van der Waals surface area (Å²) in [7, 11) is 3.42. The van der Waals surface area contributed by atoms with Crippen LogP contribution in [0, 0.1) is 0 Å². The Kier molecular flexibility index (Phi) is 5.96. The van der Waals surface area contributed by atoms with E-state index in [1.54, 1.807) is 48.3 Å². The van der Waals surface area contributed by atoms with Crippen molar-refractivity contribution in [3.63, 3.8) is 0 Å². The first kappa shape index (κ1) is 19.4. The third-order valence-corrected chi connectivity index (χ3v) is 4.17.